The molecule has 1 unspecified atom stereocenters. The lowest BCUT2D eigenvalue weighted by Gasteiger charge is -2.29. The van der Waals surface area contributed by atoms with E-state index in [1.807, 2.05) is 0 Å². The lowest BCUT2D eigenvalue weighted by Crippen LogP contribution is -2.40. The Labute approximate surface area is 106 Å². The molecular formula is C14H15FN2O. The van der Waals surface area contributed by atoms with Gasteiger partial charge in [0.15, 0.2) is 0 Å². The average Bonchev–Trinajstić information content (AvgIpc) is 2.41. The number of hydrogen-bond acceptors (Lipinski definition) is 2. The van der Waals surface area contributed by atoms with Crippen molar-refractivity contribution in [2.75, 3.05) is 13.1 Å². The molecule has 1 amide bonds. The maximum atomic E-state index is 13.4. The van der Waals surface area contributed by atoms with E-state index < -0.39 is 0 Å². The Bertz CT molecular complexity index is 481. The summed E-state index contributed by atoms with van der Waals surface area (Å²) in [5.41, 5.74) is 0.418. The fraction of sp³-hybridized carbons (Fsp3) is 0.429. The van der Waals surface area contributed by atoms with Crippen molar-refractivity contribution < 1.29 is 9.18 Å². The fourth-order valence-corrected chi connectivity index (χ4v) is 2.23. The maximum Gasteiger partial charge on any atom is 0.227 e. The first-order valence-corrected chi connectivity index (χ1v) is 6.11. The third-order valence-electron chi connectivity index (χ3n) is 3.26. The standard InChI is InChI=1S/C14H15FN2O/c15-13-6-2-1-5-12(13)8-14(18)17-7-3-4-11(9-16)10-17/h1-2,5-6,11H,3-4,7-8,10H2. The summed E-state index contributed by atoms with van der Waals surface area (Å²) < 4.78 is 13.4. The summed E-state index contributed by atoms with van der Waals surface area (Å²) in [5, 5.41) is 8.88. The molecule has 18 heavy (non-hydrogen) atoms. The van der Waals surface area contributed by atoms with Crippen molar-refractivity contribution in [3.63, 3.8) is 0 Å². The molecule has 1 heterocycles. The van der Waals surface area contributed by atoms with Crippen LogP contribution in [-0.4, -0.2) is 23.9 Å². The molecule has 1 aromatic rings. The Hall–Kier alpha value is -1.89. The lowest BCUT2D eigenvalue weighted by atomic mass is 9.99. The first-order valence-electron chi connectivity index (χ1n) is 6.11. The van der Waals surface area contributed by atoms with Gasteiger partial charge >= 0.3 is 0 Å². The number of amides is 1. The van der Waals surface area contributed by atoms with Crippen LogP contribution in [0.4, 0.5) is 4.39 Å². The van der Waals surface area contributed by atoms with Gasteiger partial charge in [-0.1, -0.05) is 18.2 Å². The number of likely N-dealkylation sites (tertiary alicyclic amines) is 1. The second kappa shape index (κ2) is 5.63. The molecule has 1 atom stereocenters. The van der Waals surface area contributed by atoms with Crippen molar-refractivity contribution in [3.05, 3.63) is 35.6 Å². The SMILES string of the molecule is N#CC1CCCN(C(=O)Cc2ccccc2F)C1. The van der Waals surface area contributed by atoms with Crippen LogP contribution in [0.2, 0.25) is 0 Å². The Balaban J connectivity index is 2.00. The molecule has 2 rings (SSSR count). The van der Waals surface area contributed by atoms with Crippen molar-refractivity contribution in [1.82, 2.24) is 4.90 Å². The first kappa shape index (κ1) is 12.6. The summed E-state index contributed by atoms with van der Waals surface area (Å²) in [5.74, 6) is -0.525. The van der Waals surface area contributed by atoms with Crippen LogP contribution in [-0.2, 0) is 11.2 Å². The van der Waals surface area contributed by atoms with E-state index in [1.54, 1.807) is 23.1 Å². The number of piperidine rings is 1. The van der Waals surface area contributed by atoms with E-state index in [-0.39, 0.29) is 24.1 Å². The number of halogens is 1. The summed E-state index contributed by atoms with van der Waals surface area (Å²) in [6.45, 7) is 1.15. The molecule has 0 bridgehead atoms. The molecule has 0 saturated carbocycles. The maximum absolute atomic E-state index is 13.4. The second-order valence-electron chi connectivity index (χ2n) is 4.58. The van der Waals surface area contributed by atoms with Crippen LogP contribution in [0, 0.1) is 23.1 Å². The zero-order valence-corrected chi connectivity index (χ0v) is 10.1. The fourth-order valence-electron chi connectivity index (χ4n) is 2.23. The second-order valence-corrected chi connectivity index (χ2v) is 4.58. The van der Waals surface area contributed by atoms with E-state index in [2.05, 4.69) is 6.07 Å². The number of carbonyl (C=O) groups is 1. The van der Waals surface area contributed by atoms with Gasteiger partial charge in [-0.25, -0.2) is 4.39 Å². The summed E-state index contributed by atoms with van der Waals surface area (Å²) in [4.78, 5) is 13.7. The molecule has 4 heteroatoms. The van der Waals surface area contributed by atoms with E-state index in [1.165, 1.54) is 6.07 Å². The quantitative estimate of drug-likeness (QED) is 0.802. The number of hydrogen-bond donors (Lipinski definition) is 0. The topological polar surface area (TPSA) is 44.1 Å². The number of nitrogens with zero attached hydrogens (tertiary/aromatic N) is 2. The van der Waals surface area contributed by atoms with Crippen molar-refractivity contribution in [2.45, 2.75) is 19.3 Å². The highest BCUT2D eigenvalue weighted by Crippen LogP contribution is 2.17. The molecule has 0 aromatic heterocycles. The summed E-state index contributed by atoms with van der Waals surface area (Å²) >= 11 is 0. The highest BCUT2D eigenvalue weighted by molar-refractivity contribution is 5.79. The van der Waals surface area contributed by atoms with Gasteiger partial charge in [-0.2, -0.15) is 5.26 Å². The zero-order valence-electron chi connectivity index (χ0n) is 10.1. The monoisotopic (exact) mass is 246 g/mol. The molecule has 1 fully saturated rings. The van der Waals surface area contributed by atoms with E-state index in [9.17, 15) is 9.18 Å². The van der Waals surface area contributed by atoms with Crippen LogP contribution >= 0.6 is 0 Å². The van der Waals surface area contributed by atoms with Gasteiger partial charge in [0, 0.05) is 13.1 Å². The van der Waals surface area contributed by atoms with Crippen LogP contribution in [0.15, 0.2) is 24.3 Å². The molecule has 0 N–H and O–H groups in total. The van der Waals surface area contributed by atoms with Gasteiger partial charge in [0.2, 0.25) is 5.91 Å². The lowest BCUT2D eigenvalue weighted by molar-refractivity contribution is -0.131. The van der Waals surface area contributed by atoms with Crippen LogP contribution in [0.5, 0.6) is 0 Å². The van der Waals surface area contributed by atoms with Gasteiger partial charge in [-0.3, -0.25) is 4.79 Å². The minimum atomic E-state index is -0.348. The highest BCUT2D eigenvalue weighted by atomic mass is 19.1. The molecular weight excluding hydrogens is 231 g/mol. The van der Waals surface area contributed by atoms with Gasteiger partial charge in [0.1, 0.15) is 5.82 Å². The van der Waals surface area contributed by atoms with E-state index in [4.69, 9.17) is 5.26 Å². The molecule has 1 aliphatic heterocycles. The third-order valence-corrected chi connectivity index (χ3v) is 3.26. The Kier molecular flexibility index (Phi) is 3.93. The summed E-state index contributed by atoms with van der Waals surface area (Å²) in [7, 11) is 0. The molecule has 0 spiro atoms. The van der Waals surface area contributed by atoms with Crippen LogP contribution in [0.25, 0.3) is 0 Å². The Morgan fingerprint density at radius 1 is 1.50 bits per heavy atom. The molecule has 1 aliphatic rings. The number of carbonyl (C=O) groups excluding carboxylic acids is 1. The van der Waals surface area contributed by atoms with E-state index in [0.717, 1.165) is 12.8 Å². The van der Waals surface area contributed by atoms with Gasteiger partial charge in [-0.05, 0) is 24.5 Å². The smallest absolute Gasteiger partial charge is 0.227 e. The number of benzene rings is 1. The van der Waals surface area contributed by atoms with Crippen molar-refractivity contribution >= 4 is 5.91 Å². The molecule has 94 valence electrons. The van der Waals surface area contributed by atoms with E-state index in [0.29, 0.717) is 18.7 Å². The highest BCUT2D eigenvalue weighted by Gasteiger charge is 2.23. The first-order chi connectivity index (χ1) is 8.70. The van der Waals surface area contributed by atoms with Crippen molar-refractivity contribution in [3.8, 4) is 6.07 Å². The third kappa shape index (κ3) is 2.86. The van der Waals surface area contributed by atoms with Crippen molar-refractivity contribution in [2.24, 2.45) is 5.92 Å². The molecule has 0 radical (unpaired) electrons. The molecule has 1 saturated heterocycles. The zero-order chi connectivity index (χ0) is 13.0. The van der Waals surface area contributed by atoms with Gasteiger partial charge in [-0.15, -0.1) is 0 Å². The van der Waals surface area contributed by atoms with Crippen LogP contribution < -0.4 is 0 Å². The largest absolute Gasteiger partial charge is 0.341 e. The summed E-state index contributed by atoms with van der Waals surface area (Å²) in [6.07, 6.45) is 1.77. The average molecular weight is 246 g/mol. The number of rotatable bonds is 2. The van der Waals surface area contributed by atoms with E-state index >= 15 is 0 Å². The molecule has 3 nitrogen and oxygen atoms in total. The van der Waals surface area contributed by atoms with Gasteiger partial charge in [0.25, 0.3) is 0 Å². The molecule has 0 aliphatic carbocycles. The van der Waals surface area contributed by atoms with Crippen molar-refractivity contribution in [1.29, 1.82) is 5.26 Å². The number of nitriles is 1. The van der Waals surface area contributed by atoms with Gasteiger partial charge in [0.05, 0.1) is 18.4 Å². The van der Waals surface area contributed by atoms with Crippen LogP contribution in [0.1, 0.15) is 18.4 Å². The minimum absolute atomic E-state index is 0.0742. The Morgan fingerprint density at radius 3 is 3.00 bits per heavy atom. The van der Waals surface area contributed by atoms with Gasteiger partial charge < -0.3 is 4.90 Å². The summed E-state index contributed by atoms with van der Waals surface area (Å²) in [6, 6.07) is 8.51. The van der Waals surface area contributed by atoms with Crippen LogP contribution in [0.3, 0.4) is 0 Å². The normalized spacial score (nSPS) is 19.3. The predicted octanol–water partition coefficient (Wildman–Crippen LogP) is 2.13. The predicted molar refractivity (Wildman–Crippen MR) is 65.0 cm³/mol. The minimum Gasteiger partial charge on any atom is -0.341 e. The molecule has 1 aromatic carbocycles. The Morgan fingerprint density at radius 2 is 2.28 bits per heavy atom.